The van der Waals surface area contributed by atoms with Crippen LogP contribution >= 0.6 is 15.9 Å². The summed E-state index contributed by atoms with van der Waals surface area (Å²) in [4.78, 5) is 11.5. The topological polar surface area (TPSA) is 66.0 Å². The van der Waals surface area contributed by atoms with Gasteiger partial charge < -0.3 is 24.3 Å². The maximum Gasteiger partial charge on any atom is 0.407 e. The standard InChI is InChI=1S/C17H26BrNO5/c1-17(2,3)24-16(20)19-9-6-10-23-14-8-7-12(18)11-13(14)15(21-4)22-5/h7-8,11,15H,6,9-10H2,1-5H3,(H,19,20). The Kier molecular flexibility index (Phi) is 8.52. The van der Waals surface area contributed by atoms with Crippen molar-refractivity contribution in [1.82, 2.24) is 5.32 Å². The summed E-state index contributed by atoms with van der Waals surface area (Å²) in [6, 6.07) is 5.64. The molecular weight excluding hydrogens is 378 g/mol. The number of ether oxygens (including phenoxy) is 4. The van der Waals surface area contributed by atoms with E-state index in [1.807, 2.05) is 39.0 Å². The van der Waals surface area contributed by atoms with Crippen LogP contribution in [0.1, 0.15) is 39.0 Å². The Morgan fingerprint density at radius 1 is 1.25 bits per heavy atom. The van der Waals surface area contributed by atoms with Gasteiger partial charge in [-0.25, -0.2) is 4.79 Å². The van der Waals surface area contributed by atoms with Crippen molar-refractivity contribution < 1.29 is 23.7 Å². The molecule has 0 atom stereocenters. The first-order chi connectivity index (χ1) is 11.3. The van der Waals surface area contributed by atoms with Gasteiger partial charge in [-0.1, -0.05) is 15.9 Å². The van der Waals surface area contributed by atoms with Crippen LogP contribution in [0.3, 0.4) is 0 Å². The zero-order valence-corrected chi connectivity index (χ0v) is 16.4. The predicted octanol–water partition coefficient (Wildman–Crippen LogP) is 4.03. The molecule has 0 heterocycles. The Bertz CT molecular complexity index is 526. The van der Waals surface area contributed by atoms with Gasteiger partial charge in [0, 0.05) is 25.2 Å². The number of carbonyl (C=O) groups excluding carboxylic acids is 1. The summed E-state index contributed by atoms with van der Waals surface area (Å²) >= 11 is 3.43. The second kappa shape index (κ2) is 9.86. The number of rotatable bonds is 8. The van der Waals surface area contributed by atoms with Crippen LogP contribution in [0, 0.1) is 0 Å². The Hall–Kier alpha value is -1.31. The fourth-order valence-corrected chi connectivity index (χ4v) is 2.32. The third-order valence-electron chi connectivity index (χ3n) is 2.90. The highest BCUT2D eigenvalue weighted by Gasteiger charge is 2.17. The summed E-state index contributed by atoms with van der Waals surface area (Å²) < 4.78 is 22.4. The molecular formula is C17H26BrNO5. The number of alkyl carbamates (subject to hydrolysis) is 1. The third kappa shape index (κ3) is 7.51. The summed E-state index contributed by atoms with van der Waals surface area (Å²) in [7, 11) is 3.15. The van der Waals surface area contributed by atoms with Gasteiger partial charge in [-0.2, -0.15) is 0 Å². The Morgan fingerprint density at radius 3 is 2.50 bits per heavy atom. The van der Waals surface area contributed by atoms with Gasteiger partial charge >= 0.3 is 6.09 Å². The van der Waals surface area contributed by atoms with Crippen molar-refractivity contribution in [1.29, 1.82) is 0 Å². The average Bonchev–Trinajstić information content (AvgIpc) is 2.48. The lowest BCUT2D eigenvalue weighted by atomic mass is 10.2. The molecule has 1 rings (SSSR count). The normalized spacial score (nSPS) is 11.5. The van der Waals surface area contributed by atoms with Crippen LogP contribution in [-0.4, -0.2) is 39.1 Å². The van der Waals surface area contributed by atoms with Gasteiger partial charge in [-0.15, -0.1) is 0 Å². The van der Waals surface area contributed by atoms with E-state index in [1.165, 1.54) is 0 Å². The van der Waals surface area contributed by atoms with Crippen molar-refractivity contribution in [2.24, 2.45) is 0 Å². The number of halogens is 1. The molecule has 0 aliphatic rings. The lowest BCUT2D eigenvalue weighted by Gasteiger charge is -2.20. The molecule has 1 amide bonds. The minimum Gasteiger partial charge on any atom is -0.493 e. The summed E-state index contributed by atoms with van der Waals surface area (Å²) in [5.41, 5.74) is 0.303. The Labute approximate surface area is 151 Å². The van der Waals surface area contributed by atoms with Crippen molar-refractivity contribution in [2.45, 2.75) is 39.1 Å². The van der Waals surface area contributed by atoms with Gasteiger partial charge in [-0.3, -0.25) is 0 Å². The highest BCUT2D eigenvalue weighted by Crippen LogP contribution is 2.30. The van der Waals surface area contributed by atoms with E-state index in [2.05, 4.69) is 21.2 Å². The number of nitrogens with one attached hydrogen (secondary N) is 1. The van der Waals surface area contributed by atoms with Crippen molar-refractivity contribution >= 4 is 22.0 Å². The highest BCUT2D eigenvalue weighted by molar-refractivity contribution is 9.10. The Morgan fingerprint density at radius 2 is 1.92 bits per heavy atom. The smallest absolute Gasteiger partial charge is 0.407 e. The van der Waals surface area contributed by atoms with Crippen LogP contribution in [0.5, 0.6) is 5.75 Å². The molecule has 24 heavy (non-hydrogen) atoms. The molecule has 0 aliphatic carbocycles. The van der Waals surface area contributed by atoms with Gasteiger partial charge in [0.1, 0.15) is 11.4 Å². The molecule has 0 unspecified atom stereocenters. The number of amides is 1. The van der Waals surface area contributed by atoms with Gasteiger partial charge in [0.2, 0.25) is 0 Å². The Balaban J connectivity index is 2.47. The summed E-state index contributed by atoms with van der Waals surface area (Å²) in [5.74, 6) is 0.684. The van der Waals surface area contributed by atoms with E-state index >= 15 is 0 Å². The molecule has 0 bridgehead atoms. The molecule has 1 aromatic carbocycles. The van der Waals surface area contributed by atoms with Crippen molar-refractivity contribution in [3.63, 3.8) is 0 Å². The van der Waals surface area contributed by atoms with E-state index in [9.17, 15) is 4.79 Å². The molecule has 0 saturated carbocycles. The van der Waals surface area contributed by atoms with Crippen molar-refractivity contribution in [2.75, 3.05) is 27.4 Å². The number of hydrogen-bond donors (Lipinski definition) is 1. The van der Waals surface area contributed by atoms with E-state index in [0.29, 0.717) is 25.3 Å². The molecule has 0 fully saturated rings. The van der Waals surface area contributed by atoms with E-state index in [0.717, 1.165) is 10.0 Å². The second-order valence-corrected chi connectivity index (χ2v) is 7.03. The first-order valence-electron chi connectivity index (χ1n) is 7.71. The third-order valence-corrected chi connectivity index (χ3v) is 3.39. The van der Waals surface area contributed by atoms with E-state index in [-0.39, 0.29) is 0 Å². The molecule has 0 aliphatic heterocycles. The van der Waals surface area contributed by atoms with Gasteiger partial charge in [-0.05, 0) is 45.4 Å². The van der Waals surface area contributed by atoms with Gasteiger partial charge in [0.25, 0.3) is 0 Å². The summed E-state index contributed by atoms with van der Waals surface area (Å²) in [6.45, 7) is 6.40. The summed E-state index contributed by atoms with van der Waals surface area (Å²) in [5, 5.41) is 2.70. The van der Waals surface area contributed by atoms with Gasteiger partial charge in [0.15, 0.2) is 6.29 Å². The predicted molar refractivity (Wildman–Crippen MR) is 95.2 cm³/mol. The number of hydrogen-bond acceptors (Lipinski definition) is 5. The van der Waals surface area contributed by atoms with Crippen LogP contribution in [0.15, 0.2) is 22.7 Å². The second-order valence-electron chi connectivity index (χ2n) is 6.12. The fraction of sp³-hybridized carbons (Fsp3) is 0.588. The highest BCUT2D eigenvalue weighted by atomic mass is 79.9. The zero-order valence-electron chi connectivity index (χ0n) is 14.8. The zero-order chi connectivity index (χ0) is 18.2. The van der Waals surface area contributed by atoms with Crippen molar-refractivity contribution in [3.05, 3.63) is 28.2 Å². The number of methoxy groups -OCH3 is 2. The first-order valence-corrected chi connectivity index (χ1v) is 8.51. The quantitative estimate of drug-likeness (QED) is 0.524. The molecule has 0 aromatic heterocycles. The SMILES string of the molecule is COC(OC)c1cc(Br)ccc1OCCCNC(=O)OC(C)(C)C. The molecule has 0 spiro atoms. The molecule has 6 nitrogen and oxygen atoms in total. The molecule has 7 heteroatoms. The maximum atomic E-state index is 11.5. The minimum atomic E-state index is -0.502. The summed E-state index contributed by atoms with van der Waals surface area (Å²) in [6.07, 6.45) is -0.276. The van der Waals surface area contributed by atoms with Crippen LogP contribution in [-0.2, 0) is 14.2 Å². The van der Waals surface area contributed by atoms with Crippen LogP contribution in [0.25, 0.3) is 0 Å². The lowest BCUT2D eigenvalue weighted by molar-refractivity contribution is -0.107. The number of benzene rings is 1. The van der Waals surface area contributed by atoms with Crippen LogP contribution in [0.4, 0.5) is 4.79 Å². The van der Waals surface area contributed by atoms with Gasteiger partial charge in [0.05, 0.1) is 12.2 Å². The minimum absolute atomic E-state index is 0.425. The fourth-order valence-electron chi connectivity index (χ4n) is 1.94. The molecule has 1 N–H and O–H groups in total. The largest absolute Gasteiger partial charge is 0.493 e. The molecule has 136 valence electrons. The van der Waals surface area contributed by atoms with E-state index in [4.69, 9.17) is 18.9 Å². The molecule has 1 aromatic rings. The average molecular weight is 404 g/mol. The van der Waals surface area contributed by atoms with E-state index < -0.39 is 18.0 Å². The molecule has 0 saturated heterocycles. The molecule has 0 radical (unpaired) electrons. The van der Waals surface area contributed by atoms with Crippen LogP contribution in [0.2, 0.25) is 0 Å². The number of carbonyl (C=O) groups is 1. The monoisotopic (exact) mass is 403 g/mol. The van der Waals surface area contributed by atoms with Crippen LogP contribution < -0.4 is 10.1 Å². The first kappa shape index (κ1) is 20.7. The van der Waals surface area contributed by atoms with E-state index in [1.54, 1.807) is 14.2 Å². The maximum absolute atomic E-state index is 11.5. The van der Waals surface area contributed by atoms with Crippen molar-refractivity contribution in [3.8, 4) is 5.75 Å². The lowest BCUT2D eigenvalue weighted by Crippen LogP contribution is -2.33.